The van der Waals surface area contributed by atoms with Crippen LogP contribution in [0.5, 0.6) is 11.5 Å². The number of ether oxygens (including phenoxy) is 2. The molecular formula is C22H19FN2O3. The fourth-order valence-electron chi connectivity index (χ4n) is 4.55. The number of halogens is 1. The van der Waals surface area contributed by atoms with Crippen LogP contribution in [0.2, 0.25) is 0 Å². The Labute approximate surface area is 160 Å². The molecule has 0 amide bonds. The summed E-state index contributed by atoms with van der Waals surface area (Å²) in [5.41, 5.74) is 2.86. The van der Waals surface area contributed by atoms with Crippen LogP contribution < -0.4 is 19.9 Å². The molecule has 3 aliphatic rings. The monoisotopic (exact) mass is 378 g/mol. The van der Waals surface area contributed by atoms with Gasteiger partial charge in [-0.2, -0.15) is 0 Å². The summed E-state index contributed by atoms with van der Waals surface area (Å²) in [5, 5.41) is 7.62. The number of rotatable bonds is 3. The molecule has 0 radical (unpaired) electrons. The first-order valence-electron chi connectivity index (χ1n) is 9.67. The van der Waals surface area contributed by atoms with Crippen LogP contribution in [-0.2, 0) is 0 Å². The summed E-state index contributed by atoms with van der Waals surface area (Å²) in [7, 11) is 0. The zero-order chi connectivity index (χ0) is 18.7. The summed E-state index contributed by atoms with van der Waals surface area (Å²) in [5.74, 6) is 1.80. The zero-order valence-electron chi connectivity index (χ0n) is 15.3. The van der Waals surface area contributed by atoms with E-state index in [1.165, 1.54) is 28.1 Å². The minimum atomic E-state index is -0.290. The topological polar surface area (TPSA) is 47.7 Å². The van der Waals surface area contributed by atoms with Gasteiger partial charge in [0.25, 0.3) is 0 Å². The van der Waals surface area contributed by atoms with Gasteiger partial charge in [0.1, 0.15) is 5.82 Å². The van der Waals surface area contributed by atoms with Crippen molar-refractivity contribution in [1.82, 2.24) is 10.1 Å². The van der Waals surface area contributed by atoms with Crippen molar-refractivity contribution in [3.63, 3.8) is 0 Å². The quantitative estimate of drug-likeness (QED) is 0.701. The van der Waals surface area contributed by atoms with Gasteiger partial charge in [-0.05, 0) is 61.0 Å². The number of nitrogens with zero attached hydrogens (tertiary/aromatic N) is 2. The molecule has 3 heterocycles. The molecule has 1 saturated heterocycles. The van der Waals surface area contributed by atoms with E-state index in [0.717, 1.165) is 55.1 Å². The van der Waals surface area contributed by atoms with Crippen molar-refractivity contribution in [1.29, 1.82) is 0 Å². The van der Waals surface area contributed by atoms with Crippen molar-refractivity contribution in [2.45, 2.75) is 18.8 Å². The molecule has 6 rings (SSSR count). The third-order valence-electron chi connectivity index (χ3n) is 6.07. The predicted octanol–water partition coefficient (Wildman–Crippen LogP) is 2.52. The summed E-state index contributed by atoms with van der Waals surface area (Å²) in [4.78, 5) is 2.48. The van der Waals surface area contributed by atoms with E-state index in [-0.39, 0.29) is 5.82 Å². The van der Waals surface area contributed by atoms with Gasteiger partial charge in [0.2, 0.25) is 6.79 Å². The molecule has 0 spiro atoms. The van der Waals surface area contributed by atoms with Crippen molar-refractivity contribution in [3.05, 3.63) is 52.3 Å². The van der Waals surface area contributed by atoms with Crippen LogP contribution in [0.4, 0.5) is 4.39 Å². The molecule has 1 fully saturated rings. The first-order valence-corrected chi connectivity index (χ1v) is 9.67. The third-order valence-corrected chi connectivity index (χ3v) is 6.07. The van der Waals surface area contributed by atoms with Gasteiger partial charge in [-0.3, -0.25) is 4.90 Å². The average molecular weight is 378 g/mol. The van der Waals surface area contributed by atoms with Gasteiger partial charge in [0, 0.05) is 29.1 Å². The molecule has 0 unspecified atom stereocenters. The molecule has 28 heavy (non-hydrogen) atoms. The Bertz CT molecular complexity index is 1210. The van der Waals surface area contributed by atoms with E-state index in [1.807, 2.05) is 6.07 Å². The maximum Gasteiger partial charge on any atom is 0.231 e. The van der Waals surface area contributed by atoms with Crippen molar-refractivity contribution >= 4 is 22.6 Å². The van der Waals surface area contributed by atoms with Crippen LogP contribution in [0.3, 0.4) is 0 Å². The molecule has 1 aromatic heterocycles. The van der Waals surface area contributed by atoms with Crippen LogP contribution in [0.15, 0.2) is 34.9 Å². The highest BCUT2D eigenvalue weighted by Crippen LogP contribution is 2.33. The number of likely N-dealkylation sites (tertiary alicyclic amines) is 1. The second kappa shape index (κ2) is 6.07. The Balaban J connectivity index is 1.17. The molecule has 3 aromatic rings. The van der Waals surface area contributed by atoms with Crippen LogP contribution in [0, 0.1) is 5.82 Å². The fourth-order valence-corrected chi connectivity index (χ4v) is 4.55. The maximum absolute atomic E-state index is 13.4. The summed E-state index contributed by atoms with van der Waals surface area (Å²) >= 11 is 0. The van der Waals surface area contributed by atoms with E-state index in [4.69, 9.17) is 14.0 Å². The molecule has 0 N–H and O–H groups in total. The number of fused-ring (bicyclic) bond motifs is 4. The normalized spacial score (nSPS) is 18.8. The van der Waals surface area contributed by atoms with Crippen molar-refractivity contribution in [2.24, 2.45) is 0 Å². The smallest absolute Gasteiger partial charge is 0.231 e. The lowest BCUT2D eigenvalue weighted by Gasteiger charge is -2.32. The van der Waals surface area contributed by atoms with E-state index in [0.29, 0.717) is 18.3 Å². The largest absolute Gasteiger partial charge is 0.454 e. The Morgan fingerprint density at radius 1 is 1.11 bits per heavy atom. The maximum atomic E-state index is 13.4. The molecule has 142 valence electrons. The number of aromatic nitrogens is 1. The van der Waals surface area contributed by atoms with Gasteiger partial charge >= 0.3 is 0 Å². The first-order chi connectivity index (χ1) is 13.8. The molecule has 1 aliphatic carbocycles. The third kappa shape index (κ3) is 2.44. The SMILES string of the molecule is Fc1ccc2c(C3CCN(CC4=c5ccc6c(c5=C4)OCO6)CC3)noc2c1. The number of benzene rings is 2. The highest BCUT2D eigenvalue weighted by molar-refractivity contribution is 5.85. The van der Waals surface area contributed by atoms with E-state index in [1.54, 1.807) is 6.07 Å². The Morgan fingerprint density at radius 2 is 2.00 bits per heavy atom. The number of hydrogen-bond donors (Lipinski definition) is 0. The molecule has 0 saturated carbocycles. The van der Waals surface area contributed by atoms with Gasteiger partial charge in [-0.1, -0.05) is 11.2 Å². The summed E-state index contributed by atoms with van der Waals surface area (Å²) < 4.78 is 29.7. The number of hydrogen-bond acceptors (Lipinski definition) is 5. The molecule has 0 atom stereocenters. The fraction of sp³-hybridized carbons (Fsp3) is 0.318. The van der Waals surface area contributed by atoms with Gasteiger partial charge in [0.05, 0.1) is 5.69 Å². The lowest BCUT2D eigenvalue weighted by molar-refractivity contribution is 0.173. The Kier molecular flexibility index (Phi) is 3.50. The Hall–Kier alpha value is -2.86. The summed E-state index contributed by atoms with van der Waals surface area (Å²) in [6.07, 6.45) is 4.27. The first kappa shape index (κ1) is 16.1. The van der Waals surface area contributed by atoms with Gasteiger partial charge in [0.15, 0.2) is 17.1 Å². The minimum absolute atomic E-state index is 0.290. The average Bonchev–Trinajstić information content (AvgIpc) is 3.32. The van der Waals surface area contributed by atoms with E-state index in [2.05, 4.69) is 22.2 Å². The van der Waals surface area contributed by atoms with Crippen molar-refractivity contribution in [3.8, 4) is 11.5 Å². The highest BCUT2D eigenvalue weighted by atomic mass is 19.1. The van der Waals surface area contributed by atoms with Gasteiger partial charge in [-0.15, -0.1) is 0 Å². The van der Waals surface area contributed by atoms with Crippen LogP contribution >= 0.6 is 0 Å². The second-order valence-electron chi connectivity index (χ2n) is 7.69. The summed E-state index contributed by atoms with van der Waals surface area (Å²) in [6, 6.07) is 8.80. The van der Waals surface area contributed by atoms with E-state index < -0.39 is 0 Å². The standard InChI is InChI=1S/C22H19FN2O3/c23-15-1-2-17-20(10-15)28-24-21(17)13-5-7-25(8-6-13)11-14-9-18-16(14)3-4-19-22(18)27-12-26-19/h1-4,9-10,13H,5-8,11-12H2. The van der Waals surface area contributed by atoms with Crippen LogP contribution in [0.25, 0.3) is 22.6 Å². The predicted molar refractivity (Wildman–Crippen MR) is 102 cm³/mol. The molecule has 0 bridgehead atoms. The molecule has 6 heteroatoms. The van der Waals surface area contributed by atoms with E-state index >= 15 is 0 Å². The zero-order valence-corrected chi connectivity index (χ0v) is 15.3. The van der Waals surface area contributed by atoms with Gasteiger partial charge in [-0.25, -0.2) is 4.39 Å². The molecule has 5 nitrogen and oxygen atoms in total. The highest BCUT2D eigenvalue weighted by Gasteiger charge is 2.26. The van der Waals surface area contributed by atoms with Crippen LogP contribution in [0.1, 0.15) is 24.5 Å². The number of piperidine rings is 1. The lowest BCUT2D eigenvalue weighted by Crippen LogP contribution is -2.41. The molecule has 2 aromatic carbocycles. The second-order valence-corrected chi connectivity index (χ2v) is 7.69. The van der Waals surface area contributed by atoms with Crippen molar-refractivity contribution < 1.29 is 18.4 Å². The lowest BCUT2D eigenvalue weighted by atomic mass is 9.90. The Morgan fingerprint density at radius 3 is 2.89 bits per heavy atom. The minimum Gasteiger partial charge on any atom is -0.454 e. The van der Waals surface area contributed by atoms with Crippen LogP contribution in [-0.4, -0.2) is 36.5 Å². The van der Waals surface area contributed by atoms with E-state index in [9.17, 15) is 4.39 Å². The van der Waals surface area contributed by atoms with Gasteiger partial charge < -0.3 is 14.0 Å². The van der Waals surface area contributed by atoms with Crippen molar-refractivity contribution in [2.75, 3.05) is 26.4 Å². The summed E-state index contributed by atoms with van der Waals surface area (Å²) in [6.45, 7) is 3.28. The molecule has 2 aliphatic heterocycles. The molecular weight excluding hydrogens is 359 g/mol.